The molecule has 6 atom stereocenters. The second kappa shape index (κ2) is 13.1. The number of carbonyl (C=O) groups excluding carboxylic acids is 3. The minimum absolute atomic E-state index is 0.224. The molecule has 2 unspecified atom stereocenters. The number of fused-ring (bicyclic) bond motifs is 1. The summed E-state index contributed by atoms with van der Waals surface area (Å²) < 4.78 is 6.90. The first kappa shape index (κ1) is 31.7. The molecule has 2 aromatic carbocycles. The van der Waals surface area contributed by atoms with Gasteiger partial charge in [-0.25, -0.2) is 0 Å². The lowest BCUT2D eigenvalue weighted by molar-refractivity contribution is -0.154. The van der Waals surface area contributed by atoms with E-state index in [4.69, 9.17) is 4.74 Å². The van der Waals surface area contributed by atoms with Crippen molar-refractivity contribution in [3.63, 3.8) is 0 Å². The topological polar surface area (TPSA) is 90.4 Å². The number of benzene rings is 2. The van der Waals surface area contributed by atoms with Gasteiger partial charge in [0.15, 0.2) is 0 Å². The Kier molecular flexibility index (Phi) is 9.42. The van der Waals surface area contributed by atoms with Crippen molar-refractivity contribution >= 4 is 23.4 Å². The van der Waals surface area contributed by atoms with Crippen molar-refractivity contribution in [2.24, 2.45) is 11.8 Å². The van der Waals surface area contributed by atoms with Crippen molar-refractivity contribution in [2.75, 3.05) is 31.1 Å². The number of anilines is 1. The van der Waals surface area contributed by atoms with Crippen LogP contribution in [0.5, 0.6) is 0 Å². The molecule has 3 saturated heterocycles. The standard InChI is InChI=1S/C36H45N3O5/c1-5-8-15-24-37(22-6-2)34(43)31-36-21-20-35(4,44-36)29(32(41)38(23-7-3)27-18-13-10-14-19-27)30(36)33(42)39(31)28(25-40)26-16-11-9-12-17-26/h6-7,9-14,16-19,28-31,40H,2-3,5,8,15,20-25H2,1,4H3/t28-,29+,30+,31?,35-,36?/m1/s1. The summed E-state index contributed by atoms with van der Waals surface area (Å²) >= 11 is 0. The van der Waals surface area contributed by atoms with E-state index in [1.807, 2.05) is 67.6 Å². The number of amides is 3. The molecule has 8 heteroatoms. The van der Waals surface area contributed by atoms with E-state index >= 15 is 0 Å². The molecule has 3 aliphatic heterocycles. The molecular formula is C36H45N3O5. The first-order valence-electron chi connectivity index (χ1n) is 15.8. The summed E-state index contributed by atoms with van der Waals surface area (Å²) in [6.45, 7) is 12.5. The molecule has 0 saturated carbocycles. The molecule has 2 bridgehead atoms. The van der Waals surface area contributed by atoms with Crippen LogP contribution in [0.2, 0.25) is 0 Å². The lowest BCUT2D eigenvalue weighted by Crippen LogP contribution is -2.57. The summed E-state index contributed by atoms with van der Waals surface area (Å²) in [5, 5.41) is 10.8. The van der Waals surface area contributed by atoms with E-state index in [0.29, 0.717) is 31.6 Å². The highest BCUT2D eigenvalue weighted by molar-refractivity contribution is 6.03. The number of carbonyl (C=O) groups is 3. The second-order valence-corrected chi connectivity index (χ2v) is 12.4. The Morgan fingerprint density at radius 3 is 2.30 bits per heavy atom. The molecule has 1 N–H and O–H groups in total. The van der Waals surface area contributed by atoms with Gasteiger partial charge >= 0.3 is 0 Å². The van der Waals surface area contributed by atoms with Crippen molar-refractivity contribution in [3.05, 3.63) is 91.5 Å². The van der Waals surface area contributed by atoms with Crippen LogP contribution in [0.15, 0.2) is 86.0 Å². The zero-order valence-electron chi connectivity index (χ0n) is 25.9. The van der Waals surface area contributed by atoms with Crippen molar-refractivity contribution in [1.29, 1.82) is 0 Å². The van der Waals surface area contributed by atoms with Gasteiger partial charge in [0.05, 0.1) is 30.1 Å². The minimum atomic E-state index is -1.20. The number of likely N-dealkylation sites (tertiary alicyclic amines) is 1. The zero-order chi connectivity index (χ0) is 31.5. The van der Waals surface area contributed by atoms with E-state index in [1.165, 1.54) is 0 Å². The van der Waals surface area contributed by atoms with E-state index in [2.05, 4.69) is 20.1 Å². The molecule has 3 aliphatic rings. The summed E-state index contributed by atoms with van der Waals surface area (Å²) in [5.41, 5.74) is -0.701. The monoisotopic (exact) mass is 599 g/mol. The highest BCUT2D eigenvalue weighted by atomic mass is 16.5. The second-order valence-electron chi connectivity index (χ2n) is 12.4. The van der Waals surface area contributed by atoms with Crippen molar-refractivity contribution < 1.29 is 24.2 Å². The third-order valence-corrected chi connectivity index (χ3v) is 9.75. The van der Waals surface area contributed by atoms with Crippen LogP contribution in [0.25, 0.3) is 0 Å². The largest absolute Gasteiger partial charge is 0.394 e. The van der Waals surface area contributed by atoms with Gasteiger partial charge in [0, 0.05) is 25.3 Å². The van der Waals surface area contributed by atoms with Crippen LogP contribution in [-0.2, 0) is 19.1 Å². The van der Waals surface area contributed by atoms with Crippen LogP contribution in [0.4, 0.5) is 5.69 Å². The SMILES string of the molecule is C=CCN(CCCCC)C(=O)C1N([C@H](CO)c2ccccc2)C(=O)[C@@H]2[C@@H](C(=O)N(CC=C)c3ccccc3)[C@@]3(C)CCC12O3. The Morgan fingerprint density at radius 2 is 1.68 bits per heavy atom. The Balaban J connectivity index is 1.62. The number of hydrogen-bond donors (Lipinski definition) is 1. The number of aliphatic hydroxyl groups is 1. The molecule has 8 nitrogen and oxygen atoms in total. The third kappa shape index (κ3) is 5.28. The molecule has 3 heterocycles. The molecule has 234 valence electrons. The molecule has 2 aromatic rings. The summed E-state index contributed by atoms with van der Waals surface area (Å²) in [7, 11) is 0. The highest BCUT2D eigenvalue weighted by Crippen LogP contribution is 2.64. The number of para-hydroxylation sites is 1. The molecule has 0 radical (unpaired) electrons. The number of ether oxygens (including phenoxy) is 1. The Labute approximate surface area is 261 Å². The summed E-state index contributed by atoms with van der Waals surface area (Å²) in [6.07, 6.45) is 7.17. The number of rotatable bonds is 14. The first-order chi connectivity index (χ1) is 21.3. The van der Waals surface area contributed by atoms with Crippen LogP contribution in [0.1, 0.15) is 57.6 Å². The smallest absolute Gasteiger partial charge is 0.248 e. The molecule has 0 aliphatic carbocycles. The Morgan fingerprint density at radius 1 is 1.02 bits per heavy atom. The van der Waals surface area contributed by atoms with Gasteiger partial charge in [-0.2, -0.15) is 0 Å². The number of unbranched alkanes of at least 4 members (excludes halogenated alkanes) is 2. The van der Waals surface area contributed by atoms with Crippen molar-refractivity contribution in [3.8, 4) is 0 Å². The molecule has 3 amide bonds. The molecule has 0 aromatic heterocycles. The average molecular weight is 600 g/mol. The predicted molar refractivity (Wildman–Crippen MR) is 171 cm³/mol. The third-order valence-electron chi connectivity index (χ3n) is 9.75. The van der Waals surface area contributed by atoms with E-state index < -0.39 is 35.1 Å². The Hall–Kier alpha value is -3.75. The Bertz CT molecular complexity index is 1370. The van der Waals surface area contributed by atoms with E-state index in [9.17, 15) is 19.5 Å². The number of aliphatic hydroxyl groups excluding tert-OH is 1. The van der Waals surface area contributed by atoms with Crippen molar-refractivity contribution in [2.45, 2.75) is 69.2 Å². The lowest BCUT2D eigenvalue weighted by Gasteiger charge is -2.39. The molecule has 3 fully saturated rings. The van der Waals surface area contributed by atoms with Gasteiger partial charge in [0.2, 0.25) is 17.7 Å². The van der Waals surface area contributed by atoms with Gasteiger partial charge in [-0.05, 0) is 43.9 Å². The summed E-state index contributed by atoms with van der Waals surface area (Å²) in [4.78, 5) is 49.1. The summed E-state index contributed by atoms with van der Waals surface area (Å²) in [5.74, 6) is -2.47. The number of hydrogen-bond acceptors (Lipinski definition) is 5. The quantitative estimate of drug-likeness (QED) is 0.246. The van der Waals surface area contributed by atoms with Crippen LogP contribution < -0.4 is 4.90 Å². The maximum Gasteiger partial charge on any atom is 0.248 e. The van der Waals surface area contributed by atoms with Gasteiger partial charge in [-0.1, -0.05) is 80.4 Å². The van der Waals surface area contributed by atoms with Gasteiger partial charge in [-0.3, -0.25) is 14.4 Å². The zero-order valence-corrected chi connectivity index (χ0v) is 25.9. The average Bonchev–Trinajstić information content (AvgIpc) is 3.61. The highest BCUT2D eigenvalue weighted by Gasteiger charge is 2.79. The maximum atomic E-state index is 14.8. The first-order valence-corrected chi connectivity index (χ1v) is 15.8. The van der Waals surface area contributed by atoms with Gasteiger partial charge in [0.25, 0.3) is 0 Å². The van der Waals surface area contributed by atoms with Gasteiger partial charge in [-0.15, -0.1) is 13.2 Å². The van der Waals surface area contributed by atoms with E-state index in [1.54, 1.807) is 26.9 Å². The fourth-order valence-electron chi connectivity index (χ4n) is 7.78. The predicted octanol–water partition coefficient (Wildman–Crippen LogP) is 4.91. The summed E-state index contributed by atoms with van der Waals surface area (Å²) in [6, 6.07) is 16.9. The molecule has 44 heavy (non-hydrogen) atoms. The van der Waals surface area contributed by atoms with Crippen LogP contribution in [0.3, 0.4) is 0 Å². The lowest BCUT2D eigenvalue weighted by atomic mass is 9.66. The minimum Gasteiger partial charge on any atom is -0.394 e. The molecule has 5 rings (SSSR count). The maximum absolute atomic E-state index is 14.8. The van der Waals surface area contributed by atoms with Crippen molar-refractivity contribution in [1.82, 2.24) is 9.80 Å². The van der Waals surface area contributed by atoms with Gasteiger partial charge < -0.3 is 24.5 Å². The van der Waals surface area contributed by atoms with E-state index in [-0.39, 0.29) is 30.9 Å². The fourth-order valence-corrected chi connectivity index (χ4v) is 7.78. The van der Waals surface area contributed by atoms with Crippen LogP contribution >= 0.6 is 0 Å². The molecule has 1 spiro atoms. The van der Waals surface area contributed by atoms with Crippen LogP contribution in [-0.4, -0.2) is 76.1 Å². The molecular weight excluding hydrogens is 554 g/mol. The fraction of sp³-hybridized carbons (Fsp3) is 0.472. The van der Waals surface area contributed by atoms with Crippen LogP contribution in [0, 0.1) is 11.8 Å². The normalized spacial score (nSPS) is 27.6. The van der Waals surface area contributed by atoms with E-state index in [0.717, 1.165) is 24.8 Å². The number of nitrogens with zero attached hydrogens (tertiary/aromatic N) is 3. The van der Waals surface area contributed by atoms with Gasteiger partial charge in [0.1, 0.15) is 11.6 Å².